The predicted octanol–water partition coefficient (Wildman–Crippen LogP) is 3.32. The fourth-order valence-corrected chi connectivity index (χ4v) is 3.52. The monoisotopic (exact) mass is 382 g/mol. The SMILES string of the molecule is COc1cccc(NC(N)=NCC2(NC(C)c3ccccc3)CCOCC2)c1. The number of nitrogens with two attached hydrogens (primary N) is 1. The minimum Gasteiger partial charge on any atom is -0.497 e. The lowest BCUT2D eigenvalue weighted by atomic mass is 9.88. The maximum Gasteiger partial charge on any atom is 0.193 e. The third-order valence-electron chi connectivity index (χ3n) is 5.17. The number of anilines is 1. The molecule has 28 heavy (non-hydrogen) atoms. The van der Waals surface area contributed by atoms with Gasteiger partial charge in [0.15, 0.2) is 5.96 Å². The molecular formula is C22H30N4O2. The van der Waals surface area contributed by atoms with Gasteiger partial charge >= 0.3 is 0 Å². The minimum absolute atomic E-state index is 0.131. The maximum absolute atomic E-state index is 6.15. The number of nitrogens with one attached hydrogen (secondary N) is 2. The number of hydrogen-bond donors (Lipinski definition) is 3. The van der Waals surface area contributed by atoms with Crippen LogP contribution in [0.1, 0.15) is 31.4 Å². The summed E-state index contributed by atoms with van der Waals surface area (Å²) in [5.41, 5.74) is 8.14. The van der Waals surface area contributed by atoms with Gasteiger partial charge in [0.25, 0.3) is 0 Å². The van der Waals surface area contributed by atoms with E-state index in [9.17, 15) is 0 Å². The molecule has 6 heteroatoms. The summed E-state index contributed by atoms with van der Waals surface area (Å²) in [7, 11) is 1.64. The Morgan fingerprint density at radius 3 is 2.64 bits per heavy atom. The molecule has 4 N–H and O–H groups in total. The van der Waals surface area contributed by atoms with E-state index < -0.39 is 0 Å². The van der Waals surface area contributed by atoms with Crippen molar-refractivity contribution in [3.05, 3.63) is 60.2 Å². The van der Waals surface area contributed by atoms with Crippen molar-refractivity contribution in [3.63, 3.8) is 0 Å². The number of rotatable bonds is 7. The van der Waals surface area contributed by atoms with Crippen molar-refractivity contribution in [1.29, 1.82) is 0 Å². The lowest BCUT2D eigenvalue weighted by Gasteiger charge is -2.39. The number of ether oxygens (including phenoxy) is 2. The van der Waals surface area contributed by atoms with Gasteiger partial charge in [-0.25, -0.2) is 0 Å². The van der Waals surface area contributed by atoms with Crippen molar-refractivity contribution < 1.29 is 9.47 Å². The van der Waals surface area contributed by atoms with Crippen molar-refractivity contribution >= 4 is 11.6 Å². The average Bonchev–Trinajstić information content (AvgIpc) is 2.74. The Labute approximate surface area is 167 Å². The summed E-state index contributed by atoms with van der Waals surface area (Å²) in [6.07, 6.45) is 1.81. The number of guanidine groups is 1. The first-order chi connectivity index (χ1) is 13.6. The lowest BCUT2D eigenvalue weighted by Crippen LogP contribution is -2.53. The molecule has 1 fully saturated rings. The first kappa shape index (κ1) is 20.2. The van der Waals surface area contributed by atoms with Gasteiger partial charge in [-0.15, -0.1) is 0 Å². The van der Waals surface area contributed by atoms with E-state index in [4.69, 9.17) is 15.2 Å². The van der Waals surface area contributed by atoms with Gasteiger partial charge in [0.2, 0.25) is 0 Å². The van der Waals surface area contributed by atoms with Crippen molar-refractivity contribution in [1.82, 2.24) is 5.32 Å². The van der Waals surface area contributed by atoms with Gasteiger partial charge in [-0.1, -0.05) is 36.4 Å². The number of methoxy groups -OCH3 is 1. The van der Waals surface area contributed by atoms with E-state index in [1.807, 2.05) is 30.3 Å². The smallest absolute Gasteiger partial charge is 0.193 e. The topological polar surface area (TPSA) is 80.9 Å². The van der Waals surface area contributed by atoms with Crippen molar-refractivity contribution in [2.24, 2.45) is 10.7 Å². The predicted molar refractivity (Wildman–Crippen MR) is 114 cm³/mol. The van der Waals surface area contributed by atoms with Gasteiger partial charge in [-0.05, 0) is 37.5 Å². The second-order valence-corrected chi connectivity index (χ2v) is 7.23. The zero-order valence-corrected chi connectivity index (χ0v) is 16.7. The molecule has 2 aromatic rings. The standard InChI is InChI=1S/C22H30N4O2/c1-17(18-7-4-3-5-8-18)26-22(11-13-28-14-12-22)16-24-21(23)25-19-9-6-10-20(15-19)27-2/h3-10,15,17,26H,11-14,16H2,1-2H3,(H3,23,24,25). The van der Waals surface area contributed by atoms with Gasteiger partial charge in [0.05, 0.1) is 13.7 Å². The van der Waals surface area contributed by atoms with Gasteiger partial charge in [-0.2, -0.15) is 0 Å². The van der Waals surface area contributed by atoms with Crippen LogP contribution in [-0.2, 0) is 4.74 Å². The van der Waals surface area contributed by atoms with Crippen LogP contribution in [0, 0.1) is 0 Å². The van der Waals surface area contributed by atoms with E-state index in [-0.39, 0.29) is 11.6 Å². The van der Waals surface area contributed by atoms with Gasteiger partial charge in [0, 0.05) is 36.5 Å². The summed E-state index contributed by atoms with van der Waals surface area (Å²) in [5, 5.41) is 6.94. The van der Waals surface area contributed by atoms with Crippen LogP contribution in [0.15, 0.2) is 59.6 Å². The minimum atomic E-state index is -0.131. The molecule has 0 bridgehead atoms. The van der Waals surface area contributed by atoms with Crippen LogP contribution in [0.4, 0.5) is 5.69 Å². The molecule has 0 radical (unpaired) electrons. The summed E-state index contributed by atoms with van der Waals surface area (Å²) >= 11 is 0. The van der Waals surface area contributed by atoms with Crippen molar-refractivity contribution in [2.75, 3.05) is 32.2 Å². The van der Waals surface area contributed by atoms with Crippen LogP contribution in [0.3, 0.4) is 0 Å². The van der Waals surface area contributed by atoms with Crippen LogP contribution in [0.2, 0.25) is 0 Å². The third-order valence-corrected chi connectivity index (χ3v) is 5.17. The Morgan fingerprint density at radius 1 is 1.18 bits per heavy atom. The summed E-state index contributed by atoms with van der Waals surface area (Å²) < 4.78 is 10.8. The van der Waals surface area contributed by atoms with E-state index in [1.54, 1.807) is 7.11 Å². The van der Waals surface area contributed by atoms with E-state index in [2.05, 4.69) is 46.8 Å². The molecular weight excluding hydrogens is 352 g/mol. The number of benzene rings is 2. The first-order valence-corrected chi connectivity index (χ1v) is 9.72. The quantitative estimate of drug-likeness (QED) is 0.506. The molecule has 0 amide bonds. The van der Waals surface area contributed by atoms with E-state index >= 15 is 0 Å². The zero-order valence-electron chi connectivity index (χ0n) is 16.7. The third kappa shape index (κ3) is 5.47. The molecule has 2 aromatic carbocycles. The summed E-state index contributed by atoms with van der Waals surface area (Å²) in [5.74, 6) is 1.17. The second-order valence-electron chi connectivity index (χ2n) is 7.23. The molecule has 0 aromatic heterocycles. The molecule has 0 aliphatic carbocycles. The fraction of sp³-hybridized carbons (Fsp3) is 0.409. The molecule has 1 atom stereocenters. The van der Waals surface area contributed by atoms with Crippen LogP contribution in [0.5, 0.6) is 5.75 Å². The summed E-state index contributed by atoms with van der Waals surface area (Å²) in [6, 6.07) is 18.3. The Bertz CT molecular complexity index is 773. The van der Waals surface area contributed by atoms with Gasteiger partial charge in [-0.3, -0.25) is 4.99 Å². The van der Waals surface area contributed by atoms with E-state index in [0.29, 0.717) is 12.5 Å². The highest BCUT2D eigenvalue weighted by Gasteiger charge is 2.33. The van der Waals surface area contributed by atoms with Gasteiger partial charge in [0.1, 0.15) is 5.75 Å². The number of nitrogens with zero attached hydrogens (tertiary/aromatic N) is 1. The van der Waals surface area contributed by atoms with Crippen LogP contribution in [0.25, 0.3) is 0 Å². The van der Waals surface area contributed by atoms with Crippen LogP contribution in [-0.4, -0.2) is 38.4 Å². The Hall–Kier alpha value is -2.57. The first-order valence-electron chi connectivity index (χ1n) is 9.72. The molecule has 1 saturated heterocycles. The molecule has 1 aliphatic heterocycles. The number of aliphatic imine (C=N–C) groups is 1. The Morgan fingerprint density at radius 2 is 1.93 bits per heavy atom. The fourth-order valence-electron chi connectivity index (χ4n) is 3.52. The van der Waals surface area contributed by atoms with Crippen LogP contribution >= 0.6 is 0 Å². The highest BCUT2D eigenvalue weighted by molar-refractivity contribution is 5.92. The molecule has 150 valence electrons. The Balaban J connectivity index is 1.68. The average molecular weight is 383 g/mol. The molecule has 6 nitrogen and oxygen atoms in total. The molecule has 1 unspecified atom stereocenters. The summed E-state index contributed by atoms with van der Waals surface area (Å²) in [6.45, 7) is 4.24. The second kappa shape index (κ2) is 9.57. The maximum atomic E-state index is 6.15. The molecule has 1 heterocycles. The molecule has 1 aliphatic rings. The largest absolute Gasteiger partial charge is 0.497 e. The highest BCUT2D eigenvalue weighted by atomic mass is 16.5. The van der Waals surface area contributed by atoms with Crippen LogP contribution < -0.4 is 21.1 Å². The van der Waals surface area contributed by atoms with Gasteiger partial charge < -0.3 is 25.8 Å². The highest BCUT2D eigenvalue weighted by Crippen LogP contribution is 2.26. The van der Waals surface area contributed by atoms with E-state index in [1.165, 1.54) is 5.56 Å². The van der Waals surface area contributed by atoms with Crippen molar-refractivity contribution in [3.8, 4) is 5.75 Å². The molecule has 0 spiro atoms. The van der Waals surface area contributed by atoms with E-state index in [0.717, 1.165) is 37.5 Å². The zero-order chi connectivity index (χ0) is 19.8. The molecule has 3 rings (SSSR count). The number of hydrogen-bond acceptors (Lipinski definition) is 4. The Kier molecular flexibility index (Phi) is 6.90. The summed E-state index contributed by atoms with van der Waals surface area (Å²) in [4.78, 5) is 4.64. The lowest BCUT2D eigenvalue weighted by molar-refractivity contribution is 0.0375. The normalized spacial score (nSPS) is 17.7. The molecule has 0 saturated carbocycles. The van der Waals surface area contributed by atoms with Crippen molar-refractivity contribution in [2.45, 2.75) is 31.3 Å².